The summed E-state index contributed by atoms with van der Waals surface area (Å²) in [6.07, 6.45) is 3.32. The van der Waals surface area contributed by atoms with E-state index in [0.717, 1.165) is 0 Å². The molecule has 4 rings (SSSR count). The number of aromatic amines is 1. The highest BCUT2D eigenvalue weighted by molar-refractivity contribution is 6.13. The summed E-state index contributed by atoms with van der Waals surface area (Å²) in [5.41, 5.74) is 0.770. The highest BCUT2D eigenvalue weighted by Crippen LogP contribution is 2.27. The summed E-state index contributed by atoms with van der Waals surface area (Å²) in [5.74, 6) is 0.416. The molecule has 1 atom stereocenters. The lowest BCUT2D eigenvalue weighted by Gasteiger charge is -2.34. The third-order valence-electron chi connectivity index (χ3n) is 5.20. The highest BCUT2D eigenvalue weighted by atomic mass is 16.5. The number of nitriles is 1. The van der Waals surface area contributed by atoms with E-state index in [-0.39, 0.29) is 17.6 Å². The minimum absolute atomic E-state index is 0.0771. The zero-order valence-electron chi connectivity index (χ0n) is 16.6. The number of hydrogen-bond donors (Lipinski definition) is 1. The molecule has 3 aromatic rings. The lowest BCUT2D eigenvalue weighted by atomic mass is 9.90. The molecule has 1 aliphatic heterocycles. The first-order valence-corrected chi connectivity index (χ1v) is 9.52. The van der Waals surface area contributed by atoms with E-state index in [2.05, 4.69) is 30.9 Å². The number of rotatable bonds is 4. The van der Waals surface area contributed by atoms with Crippen molar-refractivity contribution in [1.82, 2.24) is 19.9 Å². The Kier molecular flexibility index (Phi) is 4.76. The summed E-state index contributed by atoms with van der Waals surface area (Å²) in [5, 5.41) is 10.3. The van der Waals surface area contributed by atoms with Crippen LogP contribution in [0.2, 0.25) is 0 Å². The number of carbonyl (C=O) groups is 1. The van der Waals surface area contributed by atoms with Crippen molar-refractivity contribution in [3.8, 4) is 6.07 Å². The molecule has 1 N–H and O–H groups in total. The van der Waals surface area contributed by atoms with Crippen LogP contribution in [0.4, 0.5) is 5.82 Å². The van der Waals surface area contributed by atoms with Crippen LogP contribution >= 0.6 is 0 Å². The second-order valence-corrected chi connectivity index (χ2v) is 7.72. The molecule has 3 aromatic heterocycles. The Morgan fingerprint density at radius 2 is 2.21 bits per heavy atom. The van der Waals surface area contributed by atoms with Crippen LogP contribution < -0.4 is 4.90 Å². The number of pyridine rings is 1. The van der Waals surface area contributed by atoms with Crippen molar-refractivity contribution < 1.29 is 9.53 Å². The summed E-state index contributed by atoms with van der Waals surface area (Å²) < 4.78 is 5.52. The Hall–Kier alpha value is -3.31. The van der Waals surface area contributed by atoms with E-state index in [4.69, 9.17) is 4.74 Å². The number of nitrogens with zero attached hydrogens (tertiary/aromatic N) is 5. The summed E-state index contributed by atoms with van der Waals surface area (Å²) in [4.78, 5) is 31.8. The van der Waals surface area contributed by atoms with E-state index in [1.54, 1.807) is 38.4 Å². The Morgan fingerprint density at radius 3 is 2.97 bits per heavy atom. The molecule has 0 saturated carbocycles. The topological polar surface area (TPSA) is 108 Å². The average Bonchev–Trinajstić information content (AvgIpc) is 3.22. The number of hydrogen-bond acceptors (Lipinski definition) is 7. The van der Waals surface area contributed by atoms with Crippen molar-refractivity contribution in [2.45, 2.75) is 32.2 Å². The summed E-state index contributed by atoms with van der Waals surface area (Å²) in [6.45, 7) is 7.45. The van der Waals surface area contributed by atoms with Crippen LogP contribution in [0.5, 0.6) is 0 Å². The quantitative estimate of drug-likeness (QED) is 0.682. The summed E-state index contributed by atoms with van der Waals surface area (Å²) >= 11 is 0. The molecular formula is C21H22N6O2. The Labute approximate surface area is 168 Å². The van der Waals surface area contributed by atoms with Gasteiger partial charge in [-0.05, 0) is 32.9 Å². The van der Waals surface area contributed by atoms with E-state index >= 15 is 0 Å². The van der Waals surface area contributed by atoms with Gasteiger partial charge < -0.3 is 14.6 Å². The van der Waals surface area contributed by atoms with E-state index < -0.39 is 5.41 Å². The molecule has 8 heteroatoms. The predicted octanol–water partition coefficient (Wildman–Crippen LogP) is 2.61. The van der Waals surface area contributed by atoms with E-state index in [0.29, 0.717) is 47.9 Å². The molecule has 1 aliphatic rings. The largest absolute Gasteiger partial charge is 0.377 e. The fourth-order valence-corrected chi connectivity index (χ4v) is 3.41. The van der Waals surface area contributed by atoms with Crippen LogP contribution in [0.3, 0.4) is 0 Å². The van der Waals surface area contributed by atoms with Gasteiger partial charge in [0.2, 0.25) is 11.6 Å². The maximum atomic E-state index is 13.3. The van der Waals surface area contributed by atoms with Crippen LogP contribution in [-0.4, -0.2) is 51.5 Å². The molecular weight excluding hydrogens is 368 g/mol. The van der Waals surface area contributed by atoms with Gasteiger partial charge in [0.25, 0.3) is 0 Å². The number of ketones is 1. The molecule has 1 saturated heterocycles. The molecule has 29 heavy (non-hydrogen) atoms. The maximum Gasteiger partial charge on any atom is 0.231 e. The number of aromatic nitrogens is 4. The molecule has 4 heterocycles. The van der Waals surface area contributed by atoms with E-state index in [1.165, 1.54) is 0 Å². The molecule has 0 aliphatic carbocycles. The van der Waals surface area contributed by atoms with Gasteiger partial charge >= 0.3 is 0 Å². The molecule has 8 nitrogen and oxygen atoms in total. The minimum atomic E-state index is -0.857. The van der Waals surface area contributed by atoms with Crippen molar-refractivity contribution in [3.63, 3.8) is 0 Å². The van der Waals surface area contributed by atoms with Crippen LogP contribution in [0, 0.1) is 11.3 Å². The number of H-pyrrole nitrogens is 1. The fourth-order valence-electron chi connectivity index (χ4n) is 3.41. The summed E-state index contributed by atoms with van der Waals surface area (Å²) in [6, 6.07) is 7.66. The minimum Gasteiger partial charge on any atom is -0.377 e. The SMILES string of the molecule is C[C@@H]1COCCN1c1cc(C(C)(C)C#N)nc(C(=O)c2ccnc3[nH]ccc23)n1. The predicted molar refractivity (Wildman–Crippen MR) is 108 cm³/mol. The number of morpholine rings is 1. The zero-order valence-corrected chi connectivity index (χ0v) is 16.6. The van der Waals surface area contributed by atoms with Gasteiger partial charge in [-0.25, -0.2) is 15.0 Å². The van der Waals surface area contributed by atoms with Crippen molar-refractivity contribution >= 4 is 22.6 Å². The van der Waals surface area contributed by atoms with Gasteiger partial charge in [-0.3, -0.25) is 4.79 Å². The molecule has 0 amide bonds. The number of nitrogens with one attached hydrogen (secondary N) is 1. The normalized spacial score (nSPS) is 17.3. The van der Waals surface area contributed by atoms with Crippen molar-refractivity contribution in [3.05, 3.63) is 47.7 Å². The Balaban J connectivity index is 1.85. The average molecular weight is 390 g/mol. The zero-order chi connectivity index (χ0) is 20.6. The second-order valence-electron chi connectivity index (χ2n) is 7.72. The smallest absolute Gasteiger partial charge is 0.231 e. The van der Waals surface area contributed by atoms with Crippen LogP contribution in [0.25, 0.3) is 11.0 Å². The number of ether oxygens (including phenoxy) is 1. The highest BCUT2D eigenvalue weighted by Gasteiger charge is 2.29. The van der Waals surface area contributed by atoms with Gasteiger partial charge in [-0.1, -0.05) is 0 Å². The maximum absolute atomic E-state index is 13.3. The molecule has 1 fully saturated rings. The van der Waals surface area contributed by atoms with Crippen LogP contribution in [-0.2, 0) is 10.2 Å². The molecule has 148 valence electrons. The van der Waals surface area contributed by atoms with Crippen LogP contribution in [0.15, 0.2) is 30.6 Å². The molecule has 0 spiro atoms. The van der Waals surface area contributed by atoms with Gasteiger partial charge in [-0.15, -0.1) is 0 Å². The summed E-state index contributed by atoms with van der Waals surface area (Å²) in [7, 11) is 0. The van der Waals surface area contributed by atoms with Crippen molar-refractivity contribution in [2.24, 2.45) is 0 Å². The van der Waals surface area contributed by atoms with Gasteiger partial charge in [0.15, 0.2) is 0 Å². The molecule has 0 aromatic carbocycles. The molecule has 0 bridgehead atoms. The molecule has 0 radical (unpaired) electrons. The standard InChI is InChI=1S/C21H22N6O2/c1-13-11-29-9-8-27(13)17-10-16(21(2,3)12-22)25-20(26-17)18(28)14-4-6-23-19-15(14)5-7-24-19/h4-7,10,13H,8-9,11H2,1-3H3,(H,23,24)/t13-/m1/s1. The van der Waals surface area contributed by atoms with Gasteiger partial charge in [0.05, 0.1) is 36.4 Å². The Bertz CT molecular complexity index is 1110. The van der Waals surface area contributed by atoms with Gasteiger partial charge in [0.1, 0.15) is 11.5 Å². The number of fused-ring (bicyclic) bond motifs is 1. The van der Waals surface area contributed by atoms with Crippen molar-refractivity contribution in [2.75, 3.05) is 24.7 Å². The third-order valence-corrected chi connectivity index (χ3v) is 5.20. The lowest BCUT2D eigenvalue weighted by Crippen LogP contribution is -2.44. The first-order chi connectivity index (χ1) is 13.9. The van der Waals surface area contributed by atoms with Gasteiger partial charge in [-0.2, -0.15) is 5.26 Å². The molecule has 0 unspecified atom stereocenters. The Morgan fingerprint density at radius 1 is 1.38 bits per heavy atom. The number of carbonyl (C=O) groups excluding carboxylic acids is 1. The lowest BCUT2D eigenvalue weighted by molar-refractivity contribution is 0.0982. The monoisotopic (exact) mass is 390 g/mol. The second kappa shape index (κ2) is 7.26. The van der Waals surface area contributed by atoms with E-state index in [1.807, 2.05) is 13.0 Å². The first-order valence-electron chi connectivity index (χ1n) is 9.52. The van der Waals surface area contributed by atoms with Gasteiger partial charge in [0, 0.05) is 36.0 Å². The van der Waals surface area contributed by atoms with Crippen molar-refractivity contribution in [1.29, 1.82) is 5.26 Å². The first kappa shape index (κ1) is 19.0. The number of anilines is 1. The van der Waals surface area contributed by atoms with E-state index in [9.17, 15) is 10.1 Å². The third kappa shape index (κ3) is 3.45. The fraction of sp³-hybridized carbons (Fsp3) is 0.381. The van der Waals surface area contributed by atoms with Crippen LogP contribution in [0.1, 0.15) is 42.6 Å².